The molecule has 2 aliphatic rings. The Labute approximate surface area is 191 Å². The lowest BCUT2D eigenvalue weighted by Crippen LogP contribution is -2.38. The summed E-state index contributed by atoms with van der Waals surface area (Å²) in [7, 11) is 1.38. The fourth-order valence-electron chi connectivity index (χ4n) is 4.30. The fraction of sp³-hybridized carbons (Fsp3) is 0.375. The van der Waals surface area contributed by atoms with Crippen molar-refractivity contribution in [2.75, 3.05) is 46.5 Å². The number of aromatic nitrogens is 1. The molecule has 1 atom stereocenters. The number of likely N-dealkylation sites (tertiary alicyclic amines) is 1. The molecule has 1 aromatic heterocycles. The zero-order valence-electron chi connectivity index (χ0n) is 18.4. The van der Waals surface area contributed by atoms with Gasteiger partial charge in [0.05, 0.1) is 37.5 Å². The third-order valence-corrected chi connectivity index (χ3v) is 5.96. The summed E-state index contributed by atoms with van der Waals surface area (Å²) in [6.45, 7) is 4.09. The third kappa shape index (κ3) is 4.74. The molecule has 33 heavy (non-hydrogen) atoms. The minimum atomic E-state index is -0.814. The molecule has 2 fully saturated rings. The van der Waals surface area contributed by atoms with Crippen LogP contribution in [0.3, 0.4) is 0 Å². The largest absolute Gasteiger partial charge is 0.507 e. The predicted molar refractivity (Wildman–Crippen MR) is 118 cm³/mol. The van der Waals surface area contributed by atoms with Crippen molar-refractivity contribution >= 4 is 17.4 Å². The van der Waals surface area contributed by atoms with Gasteiger partial charge in [0.2, 0.25) is 0 Å². The summed E-state index contributed by atoms with van der Waals surface area (Å²) in [5.74, 6) is -2.39. The lowest BCUT2D eigenvalue weighted by atomic mass is 9.95. The van der Waals surface area contributed by atoms with Gasteiger partial charge in [-0.3, -0.25) is 19.5 Å². The van der Waals surface area contributed by atoms with Crippen LogP contribution in [0, 0.1) is 5.82 Å². The van der Waals surface area contributed by atoms with Crippen LogP contribution in [0.15, 0.2) is 48.3 Å². The predicted octanol–water partition coefficient (Wildman–Crippen LogP) is 2.37. The highest BCUT2D eigenvalue weighted by atomic mass is 19.1. The maximum atomic E-state index is 14.0. The van der Waals surface area contributed by atoms with Crippen LogP contribution in [0.25, 0.3) is 5.76 Å². The Hall–Kier alpha value is -3.30. The number of methoxy groups -OCH3 is 1. The molecule has 1 aromatic carbocycles. The summed E-state index contributed by atoms with van der Waals surface area (Å²) in [6, 6.07) is 6.22. The highest BCUT2D eigenvalue weighted by Crippen LogP contribution is 2.40. The first-order chi connectivity index (χ1) is 16.0. The number of rotatable bonds is 7. The number of aliphatic hydroxyl groups excluding tert-OH is 1. The number of ketones is 1. The molecular weight excluding hydrogens is 429 g/mol. The van der Waals surface area contributed by atoms with Crippen molar-refractivity contribution in [1.29, 1.82) is 0 Å². The molecule has 1 amide bonds. The maximum absolute atomic E-state index is 14.0. The van der Waals surface area contributed by atoms with E-state index >= 15 is 0 Å². The summed E-state index contributed by atoms with van der Waals surface area (Å²) in [6.07, 6.45) is 3.77. The lowest BCUT2D eigenvalue weighted by Gasteiger charge is -2.29. The second-order valence-electron chi connectivity index (χ2n) is 7.93. The van der Waals surface area contributed by atoms with E-state index < -0.39 is 29.3 Å². The zero-order chi connectivity index (χ0) is 23.4. The standard InChI is InChI=1S/C24H26FN3O5/c1-32-19-4-3-17(25)15-18(19)22(29)20-21(16-5-7-26-8-6-16)28(24(31)23(20)30)10-2-9-27-11-13-33-14-12-27/h3-8,15,21,29H,2,9-14H2,1H3. The molecule has 0 aliphatic carbocycles. The third-order valence-electron chi connectivity index (χ3n) is 5.96. The second-order valence-corrected chi connectivity index (χ2v) is 7.93. The molecule has 1 N–H and O–H groups in total. The van der Waals surface area contributed by atoms with E-state index in [1.54, 1.807) is 24.5 Å². The van der Waals surface area contributed by atoms with Crippen LogP contribution < -0.4 is 4.74 Å². The Balaban J connectivity index is 1.70. The number of halogens is 1. The van der Waals surface area contributed by atoms with E-state index in [2.05, 4.69) is 9.88 Å². The van der Waals surface area contributed by atoms with E-state index in [4.69, 9.17) is 9.47 Å². The van der Waals surface area contributed by atoms with Crippen LogP contribution in [-0.2, 0) is 14.3 Å². The van der Waals surface area contributed by atoms with Gasteiger partial charge < -0.3 is 19.5 Å². The van der Waals surface area contributed by atoms with E-state index in [9.17, 15) is 19.1 Å². The van der Waals surface area contributed by atoms with E-state index in [0.29, 0.717) is 31.7 Å². The van der Waals surface area contributed by atoms with Gasteiger partial charge in [0.25, 0.3) is 11.7 Å². The SMILES string of the molecule is COc1ccc(F)cc1C(O)=C1C(=O)C(=O)N(CCCN2CCOCC2)C1c1ccncc1. The summed E-state index contributed by atoms with van der Waals surface area (Å²) in [4.78, 5) is 33.8. The molecular formula is C24H26FN3O5. The summed E-state index contributed by atoms with van der Waals surface area (Å²) >= 11 is 0. The smallest absolute Gasteiger partial charge is 0.295 e. The number of aliphatic hydroxyl groups is 1. The van der Waals surface area contributed by atoms with Crippen LogP contribution in [0.5, 0.6) is 5.75 Å². The minimum Gasteiger partial charge on any atom is -0.507 e. The Morgan fingerprint density at radius 2 is 1.91 bits per heavy atom. The van der Waals surface area contributed by atoms with Gasteiger partial charge >= 0.3 is 0 Å². The number of carbonyl (C=O) groups excluding carboxylic acids is 2. The van der Waals surface area contributed by atoms with Crippen molar-refractivity contribution < 1.29 is 28.6 Å². The Morgan fingerprint density at radius 1 is 1.18 bits per heavy atom. The van der Waals surface area contributed by atoms with Gasteiger partial charge in [-0.05, 0) is 42.3 Å². The summed E-state index contributed by atoms with van der Waals surface area (Å²) in [5, 5.41) is 11.1. The number of pyridine rings is 1. The number of ether oxygens (including phenoxy) is 2. The van der Waals surface area contributed by atoms with Crippen molar-refractivity contribution in [2.24, 2.45) is 0 Å². The molecule has 8 nitrogen and oxygen atoms in total. The molecule has 9 heteroatoms. The summed E-state index contributed by atoms with van der Waals surface area (Å²) < 4.78 is 24.6. The molecule has 1 unspecified atom stereocenters. The Kier molecular flexibility index (Phi) is 7.00. The van der Waals surface area contributed by atoms with E-state index in [1.165, 1.54) is 24.1 Å². The molecule has 0 radical (unpaired) electrons. The fourth-order valence-corrected chi connectivity index (χ4v) is 4.30. The van der Waals surface area contributed by atoms with Crippen LogP contribution in [0.1, 0.15) is 23.6 Å². The molecule has 0 spiro atoms. The maximum Gasteiger partial charge on any atom is 0.295 e. The first-order valence-electron chi connectivity index (χ1n) is 10.8. The normalized spacial score (nSPS) is 20.9. The van der Waals surface area contributed by atoms with Gasteiger partial charge in [-0.1, -0.05) is 0 Å². The number of Topliss-reactive ketones (excluding diaryl/α,β-unsaturated/α-hetero) is 1. The van der Waals surface area contributed by atoms with Crippen LogP contribution in [0.2, 0.25) is 0 Å². The second kappa shape index (κ2) is 10.1. The van der Waals surface area contributed by atoms with E-state index in [1.807, 2.05) is 0 Å². The van der Waals surface area contributed by atoms with Crippen LogP contribution in [-0.4, -0.2) is 78.1 Å². The van der Waals surface area contributed by atoms with Crippen LogP contribution in [0.4, 0.5) is 4.39 Å². The monoisotopic (exact) mass is 455 g/mol. The number of morpholine rings is 1. The number of hydrogen-bond acceptors (Lipinski definition) is 7. The topological polar surface area (TPSA) is 92.2 Å². The average Bonchev–Trinajstić information content (AvgIpc) is 3.10. The number of benzene rings is 1. The Bertz CT molecular complexity index is 1050. The summed E-state index contributed by atoms with van der Waals surface area (Å²) in [5.41, 5.74) is 0.553. The van der Waals surface area contributed by atoms with Crippen molar-refractivity contribution in [3.63, 3.8) is 0 Å². The van der Waals surface area contributed by atoms with Gasteiger partial charge in [0.15, 0.2) is 0 Å². The lowest BCUT2D eigenvalue weighted by molar-refractivity contribution is -0.140. The van der Waals surface area contributed by atoms with Gasteiger partial charge in [-0.25, -0.2) is 4.39 Å². The zero-order valence-corrected chi connectivity index (χ0v) is 18.4. The highest BCUT2D eigenvalue weighted by molar-refractivity contribution is 6.46. The first-order valence-corrected chi connectivity index (χ1v) is 10.8. The number of hydrogen-bond donors (Lipinski definition) is 1. The van der Waals surface area contributed by atoms with E-state index in [-0.39, 0.29) is 16.9 Å². The van der Waals surface area contributed by atoms with Crippen molar-refractivity contribution in [3.8, 4) is 5.75 Å². The number of nitrogens with zero attached hydrogens (tertiary/aromatic N) is 3. The van der Waals surface area contributed by atoms with Gasteiger partial charge in [0, 0.05) is 38.6 Å². The molecule has 174 valence electrons. The van der Waals surface area contributed by atoms with Gasteiger partial charge in [-0.2, -0.15) is 0 Å². The molecule has 2 aliphatic heterocycles. The van der Waals surface area contributed by atoms with Crippen molar-refractivity contribution in [3.05, 3.63) is 65.2 Å². The first kappa shape index (κ1) is 22.9. The van der Waals surface area contributed by atoms with Crippen LogP contribution >= 0.6 is 0 Å². The quantitative estimate of drug-likeness (QED) is 0.389. The van der Waals surface area contributed by atoms with Crippen molar-refractivity contribution in [2.45, 2.75) is 12.5 Å². The molecule has 4 rings (SSSR count). The molecule has 0 bridgehead atoms. The van der Waals surface area contributed by atoms with E-state index in [0.717, 1.165) is 25.7 Å². The average molecular weight is 455 g/mol. The van der Waals surface area contributed by atoms with Crippen molar-refractivity contribution in [1.82, 2.24) is 14.8 Å². The number of carbonyl (C=O) groups is 2. The molecule has 3 heterocycles. The number of amides is 1. The highest BCUT2D eigenvalue weighted by Gasteiger charge is 2.46. The Morgan fingerprint density at radius 3 is 2.61 bits per heavy atom. The molecule has 2 saturated heterocycles. The molecule has 0 saturated carbocycles. The minimum absolute atomic E-state index is 0.0165. The van der Waals surface area contributed by atoms with Gasteiger partial charge in [0.1, 0.15) is 17.3 Å². The van der Waals surface area contributed by atoms with Gasteiger partial charge in [-0.15, -0.1) is 0 Å². The molecule has 2 aromatic rings.